The fourth-order valence-corrected chi connectivity index (χ4v) is 3.58. The van der Waals surface area contributed by atoms with Crippen molar-refractivity contribution in [3.8, 4) is 5.69 Å². The number of hydrogen-bond donors (Lipinski definition) is 0. The molecule has 0 fully saturated rings. The highest BCUT2D eigenvalue weighted by Crippen LogP contribution is 2.20. The van der Waals surface area contributed by atoms with Crippen molar-refractivity contribution in [2.45, 2.75) is 6.92 Å². The van der Waals surface area contributed by atoms with Crippen LogP contribution in [0.4, 0.5) is 5.69 Å². The number of nitro groups is 1. The highest BCUT2D eigenvalue weighted by molar-refractivity contribution is 6.31. The van der Waals surface area contributed by atoms with Gasteiger partial charge >= 0.3 is 5.97 Å². The molecule has 0 aliphatic heterocycles. The molecule has 3 aromatic carbocycles. The van der Waals surface area contributed by atoms with Gasteiger partial charge in [0.25, 0.3) is 11.2 Å². The molecule has 0 spiro atoms. The maximum Gasteiger partial charge on any atom is 0.338 e. The molecule has 4 rings (SSSR count). The van der Waals surface area contributed by atoms with Crippen LogP contribution in [0.1, 0.15) is 28.7 Å². The van der Waals surface area contributed by atoms with Gasteiger partial charge in [0.1, 0.15) is 5.82 Å². The van der Waals surface area contributed by atoms with Gasteiger partial charge in [-0.2, -0.15) is 0 Å². The van der Waals surface area contributed by atoms with E-state index < -0.39 is 10.9 Å². The average molecular weight is 476 g/mol. The van der Waals surface area contributed by atoms with Crippen molar-refractivity contribution in [2.24, 2.45) is 0 Å². The van der Waals surface area contributed by atoms with E-state index in [0.29, 0.717) is 32.7 Å². The molecule has 1 heterocycles. The molecule has 9 heteroatoms. The lowest BCUT2D eigenvalue weighted by Gasteiger charge is -2.12. The number of esters is 1. The van der Waals surface area contributed by atoms with Gasteiger partial charge < -0.3 is 4.74 Å². The second kappa shape index (κ2) is 9.68. The number of ether oxygens (including phenoxy) is 1. The molecule has 0 atom stereocenters. The van der Waals surface area contributed by atoms with E-state index >= 15 is 0 Å². The van der Waals surface area contributed by atoms with Crippen molar-refractivity contribution < 1.29 is 14.5 Å². The van der Waals surface area contributed by atoms with Gasteiger partial charge in [-0.15, -0.1) is 0 Å². The Bertz CT molecular complexity index is 1490. The Morgan fingerprint density at radius 2 is 1.88 bits per heavy atom. The van der Waals surface area contributed by atoms with Gasteiger partial charge in [0.2, 0.25) is 0 Å². The molecule has 170 valence electrons. The van der Waals surface area contributed by atoms with Crippen LogP contribution < -0.4 is 5.56 Å². The summed E-state index contributed by atoms with van der Waals surface area (Å²) in [4.78, 5) is 40.6. The molecular formula is C25H18ClN3O5. The van der Waals surface area contributed by atoms with Crippen LogP contribution in [0.15, 0.2) is 71.5 Å². The Morgan fingerprint density at radius 3 is 2.59 bits per heavy atom. The van der Waals surface area contributed by atoms with Crippen LogP contribution in [0, 0.1) is 10.1 Å². The zero-order chi connectivity index (χ0) is 24.2. The summed E-state index contributed by atoms with van der Waals surface area (Å²) in [5, 5.41) is 11.9. The quantitative estimate of drug-likeness (QED) is 0.213. The average Bonchev–Trinajstić information content (AvgIpc) is 2.83. The molecule has 34 heavy (non-hydrogen) atoms. The van der Waals surface area contributed by atoms with Crippen molar-refractivity contribution >= 4 is 46.3 Å². The molecule has 0 amide bonds. The van der Waals surface area contributed by atoms with Crippen molar-refractivity contribution in [3.05, 3.63) is 109 Å². The number of carbonyl (C=O) groups excluding carboxylic acids is 1. The van der Waals surface area contributed by atoms with Crippen LogP contribution in [-0.4, -0.2) is 27.1 Å². The van der Waals surface area contributed by atoms with Gasteiger partial charge in [0, 0.05) is 17.2 Å². The summed E-state index contributed by atoms with van der Waals surface area (Å²) in [6.45, 7) is 1.97. The zero-order valence-corrected chi connectivity index (χ0v) is 18.7. The highest BCUT2D eigenvalue weighted by Gasteiger charge is 2.13. The molecule has 0 bridgehead atoms. The summed E-state index contributed by atoms with van der Waals surface area (Å²) in [5.74, 6) is -0.173. The zero-order valence-electron chi connectivity index (χ0n) is 18.0. The van der Waals surface area contributed by atoms with E-state index in [2.05, 4.69) is 4.98 Å². The third-order valence-corrected chi connectivity index (χ3v) is 5.23. The lowest BCUT2D eigenvalue weighted by molar-refractivity contribution is -0.384. The maximum absolute atomic E-state index is 13.4. The summed E-state index contributed by atoms with van der Waals surface area (Å²) in [6, 6.07) is 17.3. The largest absolute Gasteiger partial charge is 0.462 e. The summed E-state index contributed by atoms with van der Waals surface area (Å²) < 4.78 is 6.41. The molecule has 0 saturated heterocycles. The van der Waals surface area contributed by atoms with E-state index in [1.807, 2.05) is 0 Å². The number of aromatic nitrogens is 2. The summed E-state index contributed by atoms with van der Waals surface area (Å²) in [6.07, 6.45) is 3.23. The summed E-state index contributed by atoms with van der Waals surface area (Å²) in [7, 11) is 0. The first-order valence-electron chi connectivity index (χ1n) is 10.3. The summed E-state index contributed by atoms with van der Waals surface area (Å²) in [5.41, 5.74) is 1.44. The lowest BCUT2D eigenvalue weighted by Crippen LogP contribution is -2.22. The van der Waals surface area contributed by atoms with E-state index in [0.717, 1.165) is 0 Å². The molecule has 1 aromatic heterocycles. The topological polar surface area (TPSA) is 104 Å². The van der Waals surface area contributed by atoms with Gasteiger partial charge in [-0.05, 0) is 61.0 Å². The fraction of sp³-hybridized carbons (Fsp3) is 0.0800. The number of fused-ring (bicyclic) bond motifs is 1. The van der Waals surface area contributed by atoms with Crippen LogP contribution in [0.5, 0.6) is 0 Å². The minimum atomic E-state index is -0.478. The number of halogens is 1. The number of nitrogens with zero attached hydrogens (tertiary/aromatic N) is 3. The third-order valence-electron chi connectivity index (χ3n) is 5.00. The first-order valence-corrected chi connectivity index (χ1v) is 10.7. The number of non-ortho nitro benzene ring substituents is 1. The first-order chi connectivity index (χ1) is 16.4. The Balaban J connectivity index is 1.86. The Hall–Kier alpha value is -4.30. The monoisotopic (exact) mass is 475 g/mol. The second-order valence-corrected chi connectivity index (χ2v) is 7.66. The molecular weight excluding hydrogens is 458 g/mol. The van der Waals surface area contributed by atoms with Gasteiger partial charge in [-0.25, -0.2) is 9.78 Å². The number of benzene rings is 3. The fourth-order valence-electron chi connectivity index (χ4n) is 3.41. The van der Waals surface area contributed by atoms with Gasteiger partial charge in [0.15, 0.2) is 0 Å². The predicted octanol–water partition coefficient (Wildman–Crippen LogP) is 5.29. The second-order valence-electron chi connectivity index (χ2n) is 7.22. The lowest BCUT2D eigenvalue weighted by atomic mass is 10.1. The Labute approximate surface area is 198 Å². The molecule has 0 aliphatic carbocycles. The first kappa shape index (κ1) is 22.9. The normalized spacial score (nSPS) is 11.1. The number of hydrogen-bond acceptors (Lipinski definition) is 6. The minimum absolute atomic E-state index is 0.0488. The van der Waals surface area contributed by atoms with Crippen LogP contribution in [0.2, 0.25) is 5.02 Å². The van der Waals surface area contributed by atoms with Crippen molar-refractivity contribution in [1.29, 1.82) is 0 Å². The number of rotatable bonds is 6. The van der Waals surface area contributed by atoms with Gasteiger partial charge in [-0.3, -0.25) is 19.5 Å². The summed E-state index contributed by atoms with van der Waals surface area (Å²) >= 11 is 6.10. The van der Waals surface area contributed by atoms with Gasteiger partial charge in [0.05, 0.1) is 33.7 Å². The van der Waals surface area contributed by atoms with Gasteiger partial charge in [-0.1, -0.05) is 29.8 Å². The van der Waals surface area contributed by atoms with Crippen LogP contribution in [0.3, 0.4) is 0 Å². The maximum atomic E-state index is 13.4. The van der Waals surface area contributed by atoms with Crippen LogP contribution in [0.25, 0.3) is 28.7 Å². The highest BCUT2D eigenvalue weighted by atomic mass is 35.5. The number of carbonyl (C=O) groups is 1. The molecule has 0 unspecified atom stereocenters. The van der Waals surface area contributed by atoms with E-state index in [1.54, 1.807) is 73.7 Å². The molecule has 0 aliphatic rings. The van der Waals surface area contributed by atoms with Crippen LogP contribution >= 0.6 is 11.6 Å². The minimum Gasteiger partial charge on any atom is -0.462 e. The van der Waals surface area contributed by atoms with Crippen molar-refractivity contribution in [1.82, 2.24) is 9.55 Å². The Morgan fingerprint density at radius 1 is 1.12 bits per heavy atom. The Kier molecular flexibility index (Phi) is 6.51. The SMILES string of the molecule is CCOC(=O)c1ccc(-n2c(/C=C/c3cccc([N+](=O)[O-])c3)nc3cc(Cl)ccc3c2=O)cc1. The smallest absolute Gasteiger partial charge is 0.338 e. The molecule has 0 N–H and O–H groups in total. The van der Waals surface area contributed by atoms with Crippen molar-refractivity contribution in [3.63, 3.8) is 0 Å². The standard InChI is InChI=1S/C25H18ClN3O5/c1-2-34-25(31)17-7-10-19(11-8-17)28-23(13-6-16-4-3-5-20(14-16)29(32)33)27-22-15-18(26)9-12-21(22)24(28)30/h3-15H,2H2,1H3/b13-6+. The molecule has 4 aromatic rings. The van der Waals surface area contributed by atoms with E-state index in [4.69, 9.17) is 16.3 Å². The van der Waals surface area contributed by atoms with E-state index in [1.165, 1.54) is 16.7 Å². The third kappa shape index (κ3) is 4.72. The number of nitro benzene ring substituents is 1. The van der Waals surface area contributed by atoms with E-state index in [-0.39, 0.29) is 23.7 Å². The van der Waals surface area contributed by atoms with Crippen molar-refractivity contribution in [2.75, 3.05) is 6.61 Å². The molecule has 8 nitrogen and oxygen atoms in total. The molecule has 0 radical (unpaired) electrons. The van der Waals surface area contributed by atoms with E-state index in [9.17, 15) is 19.7 Å². The predicted molar refractivity (Wildman–Crippen MR) is 130 cm³/mol. The molecule has 0 saturated carbocycles. The van der Waals surface area contributed by atoms with Crippen LogP contribution in [-0.2, 0) is 4.74 Å².